The first-order valence-electron chi connectivity index (χ1n) is 4.77. The fourth-order valence-electron chi connectivity index (χ4n) is 1.56. The van der Waals surface area contributed by atoms with Crippen LogP contribution < -0.4 is 5.32 Å². The molecule has 1 N–H and O–H groups in total. The second kappa shape index (κ2) is 4.44. The summed E-state index contributed by atoms with van der Waals surface area (Å²) in [5.41, 5.74) is 1.21. The lowest BCUT2D eigenvalue weighted by molar-refractivity contribution is 0.0776. The second-order valence-corrected chi connectivity index (χ2v) is 3.40. The highest BCUT2D eigenvalue weighted by molar-refractivity contribution is 5.04. The Hall–Kier alpha value is -0.800. The van der Waals surface area contributed by atoms with Crippen molar-refractivity contribution >= 4 is 0 Å². The lowest BCUT2D eigenvalue weighted by Crippen LogP contribution is -2.34. The van der Waals surface area contributed by atoms with Crippen molar-refractivity contribution in [3.05, 3.63) is 24.2 Å². The molecule has 1 aromatic rings. The molecule has 1 aliphatic heterocycles. The molecule has 0 bridgehead atoms. The Morgan fingerprint density at radius 2 is 2.23 bits per heavy atom. The van der Waals surface area contributed by atoms with E-state index in [2.05, 4.69) is 5.32 Å². The van der Waals surface area contributed by atoms with Crippen LogP contribution in [0.1, 0.15) is 18.4 Å². The first-order valence-corrected chi connectivity index (χ1v) is 4.77. The van der Waals surface area contributed by atoms with Crippen molar-refractivity contribution in [2.45, 2.75) is 25.4 Å². The first-order chi connectivity index (χ1) is 6.45. The summed E-state index contributed by atoms with van der Waals surface area (Å²) >= 11 is 0. The Morgan fingerprint density at radius 1 is 1.38 bits per heavy atom. The first kappa shape index (κ1) is 8.78. The van der Waals surface area contributed by atoms with Crippen LogP contribution in [0, 0.1) is 0 Å². The summed E-state index contributed by atoms with van der Waals surface area (Å²) in [6.45, 7) is 2.69. The number of hydrogen-bond acceptors (Lipinski definition) is 3. The molecule has 0 aromatic carbocycles. The molecule has 2 heterocycles. The second-order valence-electron chi connectivity index (χ2n) is 3.40. The van der Waals surface area contributed by atoms with Crippen LogP contribution in [0.3, 0.4) is 0 Å². The van der Waals surface area contributed by atoms with E-state index in [4.69, 9.17) is 9.15 Å². The minimum absolute atomic E-state index is 0.614. The lowest BCUT2D eigenvalue weighted by atomic mass is 10.1. The van der Waals surface area contributed by atoms with Crippen LogP contribution in [0.15, 0.2) is 23.0 Å². The summed E-state index contributed by atoms with van der Waals surface area (Å²) < 4.78 is 10.3. The van der Waals surface area contributed by atoms with Gasteiger partial charge in [-0.2, -0.15) is 0 Å². The summed E-state index contributed by atoms with van der Waals surface area (Å²) in [5, 5.41) is 3.48. The number of nitrogens with one attached hydrogen (secondary N) is 1. The van der Waals surface area contributed by atoms with Crippen LogP contribution in [0.25, 0.3) is 0 Å². The van der Waals surface area contributed by atoms with Gasteiger partial charge in [-0.15, -0.1) is 0 Å². The van der Waals surface area contributed by atoms with E-state index in [0.717, 1.165) is 32.6 Å². The van der Waals surface area contributed by atoms with Crippen molar-refractivity contribution in [1.29, 1.82) is 0 Å². The molecule has 3 heteroatoms. The van der Waals surface area contributed by atoms with E-state index in [-0.39, 0.29) is 0 Å². The molecular weight excluding hydrogens is 166 g/mol. The van der Waals surface area contributed by atoms with Gasteiger partial charge in [-0.3, -0.25) is 0 Å². The Kier molecular flexibility index (Phi) is 3.00. The van der Waals surface area contributed by atoms with Crippen LogP contribution in [-0.2, 0) is 11.3 Å². The van der Waals surface area contributed by atoms with Crippen LogP contribution >= 0.6 is 0 Å². The largest absolute Gasteiger partial charge is 0.472 e. The molecular formula is C10H15NO2. The summed E-state index contributed by atoms with van der Waals surface area (Å²) in [4.78, 5) is 0. The van der Waals surface area contributed by atoms with Crippen molar-refractivity contribution in [2.75, 3.05) is 13.2 Å². The highest BCUT2D eigenvalue weighted by Crippen LogP contribution is 2.07. The smallest absolute Gasteiger partial charge is 0.0947 e. The monoisotopic (exact) mass is 181 g/mol. The van der Waals surface area contributed by atoms with E-state index in [0.29, 0.717) is 6.04 Å². The highest BCUT2D eigenvalue weighted by Gasteiger charge is 2.12. The zero-order valence-corrected chi connectivity index (χ0v) is 7.66. The fraction of sp³-hybridized carbons (Fsp3) is 0.600. The molecule has 0 unspecified atom stereocenters. The summed E-state index contributed by atoms with van der Waals surface area (Å²) in [6.07, 6.45) is 5.74. The summed E-state index contributed by atoms with van der Waals surface area (Å²) in [7, 11) is 0. The van der Waals surface area contributed by atoms with E-state index in [1.54, 1.807) is 12.5 Å². The molecule has 1 saturated heterocycles. The minimum Gasteiger partial charge on any atom is -0.472 e. The van der Waals surface area contributed by atoms with E-state index >= 15 is 0 Å². The molecule has 0 amide bonds. The summed E-state index contributed by atoms with van der Waals surface area (Å²) in [5.74, 6) is 0. The molecule has 0 aliphatic carbocycles. The molecule has 1 fully saturated rings. The van der Waals surface area contributed by atoms with Crippen molar-refractivity contribution < 1.29 is 9.15 Å². The van der Waals surface area contributed by atoms with Crippen molar-refractivity contribution in [2.24, 2.45) is 0 Å². The van der Waals surface area contributed by atoms with E-state index in [9.17, 15) is 0 Å². The van der Waals surface area contributed by atoms with Gasteiger partial charge in [-0.05, 0) is 18.9 Å². The maximum atomic E-state index is 5.28. The quantitative estimate of drug-likeness (QED) is 0.768. The van der Waals surface area contributed by atoms with Crippen LogP contribution in [-0.4, -0.2) is 19.3 Å². The van der Waals surface area contributed by atoms with Gasteiger partial charge >= 0.3 is 0 Å². The molecule has 1 aliphatic rings. The predicted molar refractivity (Wildman–Crippen MR) is 49.4 cm³/mol. The number of hydrogen-bond donors (Lipinski definition) is 1. The van der Waals surface area contributed by atoms with Crippen LogP contribution in [0.5, 0.6) is 0 Å². The van der Waals surface area contributed by atoms with Crippen molar-refractivity contribution in [3.63, 3.8) is 0 Å². The predicted octanol–water partition coefficient (Wildman–Crippen LogP) is 1.55. The van der Waals surface area contributed by atoms with Gasteiger partial charge in [0.15, 0.2) is 0 Å². The highest BCUT2D eigenvalue weighted by atomic mass is 16.5. The third kappa shape index (κ3) is 2.57. The van der Waals surface area contributed by atoms with Crippen molar-refractivity contribution in [1.82, 2.24) is 5.32 Å². The Bertz CT molecular complexity index is 227. The van der Waals surface area contributed by atoms with Gasteiger partial charge in [-0.1, -0.05) is 0 Å². The minimum atomic E-state index is 0.614. The molecule has 2 rings (SSSR count). The zero-order valence-electron chi connectivity index (χ0n) is 7.66. The Morgan fingerprint density at radius 3 is 2.92 bits per heavy atom. The van der Waals surface area contributed by atoms with E-state index < -0.39 is 0 Å². The average molecular weight is 181 g/mol. The van der Waals surface area contributed by atoms with Gasteiger partial charge in [0.05, 0.1) is 12.5 Å². The van der Waals surface area contributed by atoms with E-state index in [1.165, 1.54) is 5.56 Å². The topological polar surface area (TPSA) is 34.4 Å². The number of furan rings is 1. The standard InChI is InChI=1S/C10H15NO2/c1-4-13-8-9(1)7-11-10-2-5-12-6-3-10/h1,4,8,10-11H,2-3,5-7H2. The SMILES string of the molecule is c1cc(CNC2CCOCC2)co1. The normalized spacial score (nSPS) is 19.1. The van der Waals surface area contributed by atoms with Gasteiger partial charge in [0.25, 0.3) is 0 Å². The Labute approximate surface area is 78.1 Å². The molecule has 0 atom stereocenters. The third-order valence-electron chi connectivity index (χ3n) is 2.40. The van der Waals surface area contributed by atoms with Crippen molar-refractivity contribution in [3.8, 4) is 0 Å². The van der Waals surface area contributed by atoms with Gasteiger partial charge in [0, 0.05) is 31.4 Å². The molecule has 0 saturated carbocycles. The van der Waals surface area contributed by atoms with Gasteiger partial charge in [-0.25, -0.2) is 0 Å². The molecule has 3 nitrogen and oxygen atoms in total. The maximum absolute atomic E-state index is 5.28. The summed E-state index contributed by atoms with van der Waals surface area (Å²) in [6, 6.07) is 2.61. The maximum Gasteiger partial charge on any atom is 0.0947 e. The third-order valence-corrected chi connectivity index (χ3v) is 2.40. The number of rotatable bonds is 3. The zero-order chi connectivity index (χ0) is 8.93. The van der Waals surface area contributed by atoms with Crippen LogP contribution in [0.2, 0.25) is 0 Å². The van der Waals surface area contributed by atoms with Gasteiger partial charge in [0.1, 0.15) is 0 Å². The van der Waals surface area contributed by atoms with E-state index in [1.807, 2.05) is 6.07 Å². The molecule has 0 radical (unpaired) electrons. The lowest BCUT2D eigenvalue weighted by Gasteiger charge is -2.22. The fourth-order valence-corrected chi connectivity index (χ4v) is 1.56. The Balaban J connectivity index is 1.72. The molecule has 1 aromatic heterocycles. The molecule has 0 spiro atoms. The number of ether oxygens (including phenoxy) is 1. The molecule has 72 valence electrons. The average Bonchev–Trinajstić information content (AvgIpc) is 2.69. The van der Waals surface area contributed by atoms with Gasteiger partial charge < -0.3 is 14.5 Å². The molecule has 13 heavy (non-hydrogen) atoms. The van der Waals surface area contributed by atoms with Crippen LogP contribution in [0.4, 0.5) is 0 Å². The van der Waals surface area contributed by atoms with Gasteiger partial charge in [0.2, 0.25) is 0 Å².